The summed E-state index contributed by atoms with van der Waals surface area (Å²) in [4.78, 5) is 0. The van der Waals surface area contributed by atoms with E-state index in [1.54, 1.807) is 11.3 Å². The molecule has 21 heavy (non-hydrogen) atoms. The highest BCUT2D eigenvalue weighted by Gasteiger charge is 2.20. The predicted molar refractivity (Wildman–Crippen MR) is 83.7 cm³/mol. The lowest BCUT2D eigenvalue weighted by Gasteiger charge is -2.20. The molecular weight excluding hydrogens is 288 g/mol. The van der Waals surface area contributed by atoms with Gasteiger partial charge in [-0.3, -0.25) is 0 Å². The standard InChI is InChI=1S/C17H15F2NS/c1-2-20-16(13-7-6-12(18)10-15(13)19)14-5-3-4-11-8-9-21-17(11)14/h3-10,16,20H,2H2,1H3. The maximum Gasteiger partial charge on any atom is 0.131 e. The van der Waals surface area contributed by atoms with Crippen LogP contribution in [0.25, 0.3) is 10.1 Å². The Kier molecular flexibility index (Phi) is 3.99. The number of rotatable bonds is 4. The zero-order chi connectivity index (χ0) is 14.8. The van der Waals surface area contributed by atoms with Gasteiger partial charge in [0.25, 0.3) is 0 Å². The van der Waals surface area contributed by atoms with Gasteiger partial charge >= 0.3 is 0 Å². The lowest BCUT2D eigenvalue weighted by atomic mass is 9.97. The molecule has 0 spiro atoms. The molecule has 0 saturated carbocycles. The third-order valence-corrected chi connectivity index (χ3v) is 4.48. The average molecular weight is 303 g/mol. The molecule has 0 aliphatic heterocycles. The normalized spacial score (nSPS) is 12.7. The SMILES string of the molecule is CCNC(c1ccc(F)cc1F)c1cccc2ccsc12. The van der Waals surface area contributed by atoms with Gasteiger partial charge in [0.1, 0.15) is 11.6 Å². The number of hydrogen-bond acceptors (Lipinski definition) is 2. The second-order valence-electron chi connectivity index (χ2n) is 4.84. The summed E-state index contributed by atoms with van der Waals surface area (Å²) in [5.41, 5.74) is 1.49. The summed E-state index contributed by atoms with van der Waals surface area (Å²) >= 11 is 1.64. The summed E-state index contributed by atoms with van der Waals surface area (Å²) in [7, 11) is 0. The van der Waals surface area contributed by atoms with Crippen LogP contribution in [0.5, 0.6) is 0 Å². The fourth-order valence-electron chi connectivity index (χ4n) is 2.57. The minimum Gasteiger partial charge on any atom is -0.306 e. The Hall–Kier alpha value is -1.78. The zero-order valence-corrected chi connectivity index (χ0v) is 12.4. The summed E-state index contributed by atoms with van der Waals surface area (Å²) in [5.74, 6) is -1.07. The molecule has 108 valence electrons. The number of benzene rings is 2. The van der Waals surface area contributed by atoms with E-state index in [4.69, 9.17) is 0 Å². The first kappa shape index (κ1) is 14.2. The maximum absolute atomic E-state index is 14.2. The van der Waals surface area contributed by atoms with Crippen molar-refractivity contribution in [3.8, 4) is 0 Å². The van der Waals surface area contributed by atoms with Gasteiger partial charge < -0.3 is 5.32 Å². The fourth-order valence-corrected chi connectivity index (χ4v) is 3.52. The van der Waals surface area contributed by atoms with Crippen molar-refractivity contribution in [2.45, 2.75) is 13.0 Å². The molecule has 3 rings (SSSR count). The molecule has 4 heteroatoms. The largest absolute Gasteiger partial charge is 0.306 e. The van der Waals surface area contributed by atoms with Gasteiger partial charge in [-0.2, -0.15) is 0 Å². The Morgan fingerprint density at radius 3 is 2.71 bits per heavy atom. The molecule has 0 bridgehead atoms. The van der Waals surface area contributed by atoms with Gasteiger partial charge in [-0.25, -0.2) is 8.78 Å². The van der Waals surface area contributed by atoms with Crippen LogP contribution in [0.2, 0.25) is 0 Å². The van der Waals surface area contributed by atoms with E-state index in [1.165, 1.54) is 12.1 Å². The molecule has 2 aromatic carbocycles. The fraction of sp³-hybridized carbons (Fsp3) is 0.176. The van der Waals surface area contributed by atoms with E-state index in [9.17, 15) is 8.78 Å². The van der Waals surface area contributed by atoms with Crippen molar-refractivity contribution >= 4 is 21.4 Å². The summed E-state index contributed by atoms with van der Waals surface area (Å²) in [6.45, 7) is 2.67. The minimum absolute atomic E-state index is 0.280. The van der Waals surface area contributed by atoms with Gasteiger partial charge in [-0.15, -0.1) is 11.3 Å². The molecular formula is C17H15F2NS. The van der Waals surface area contributed by atoms with Crippen molar-refractivity contribution in [2.24, 2.45) is 0 Å². The number of nitrogens with one attached hydrogen (secondary N) is 1. The molecule has 1 aromatic heterocycles. The summed E-state index contributed by atoms with van der Waals surface area (Å²) < 4.78 is 28.4. The second kappa shape index (κ2) is 5.92. The monoisotopic (exact) mass is 303 g/mol. The molecule has 1 nitrogen and oxygen atoms in total. The first-order valence-electron chi connectivity index (χ1n) is 6.85. The molecule has 0 saturated heterocycles. The Morgan fingerprint density at radius 1 is 1.10 bits per heavy atom. The number of thiophene rings is 1. The van der Waals surface area contributed by atoms with Gasteiger partial charge in [-0.05, 0) is 35.0 Å². The van der Waals surface area contributed by atoms with Crippen LogP contribution in [-0.4, -0.2) is 6.54 Å². The van der Waals surface area contributed by atoms with Crippen molar-refractivity contribution in [3.63, 3.8) is 0 Å². The Bertz CT molecular complexity index is 766. The third kappa shape index (κ3) is 2.69. The lowest BCUT2D eigenvalue weighted by Crippen LogP contribution is -2.23. The molecule has 3 aromatic rings. The highest BCUT2D eigenvalue weighted by atomic mass is 32.1. The van der Waals surface area contributed by atoms with E-state index < -0.39 is 11.6 Å². The number of halogens is 2. The molecule has 0 aliphatic carbocycles. The highest BCUT2D eigenvalue weighted by molar-refractivity contribution is 7.17. The van der Waals surface area contributed by atoms with Crippen molar-refractivity contribution in [3.05, 3.63) is 70.6 Å². The first-order chi connectivity index (χ1) is 10.2. The van der Waals surface area contributed by atoms with E-state index in [0.29, 0.717) is 12.1 Å². The molecule has 0 fully saturated rings. The Morgan fingerprint density at radius 2 is 1.95 bits per heavy atom. The predicted octanol–water partition coefficient (Wildman–Crippen LogP) is 4.88. The van der Waals surface area contributed by atoms with Crippen LogP contribution in [0.1, 0.15) is 24.1 Å². The van der Waals surface area contributed by atoms with Crippen LogP contribution in [0, 0.1) is 11.6 Å². The van der Waals surface area contributed by atoms with Crippen LogP contribution in [0.4, 0.5) is 8.78 Å². The van der Waals surface area contributed by atoms with Crippen LogP contribution in [0.3, 0.4) is 0 Å². The van der Waals surface area contributed by atoms with Crippen LogP contribution in [-0.2, 0) is 0 Å². The van der Waals surface area contributed by atoms with Gasteiger partial charge in [0.05, 0.1) is 6.04 Å². The van der Waals surface area contributed by atoms with E-state index in [0.717, 1.165) is 21.7 Å². The molecule has 1 heterocycles. The molecule has 1 N–H and O–H groups in total. The lowest BCUT2D eigenvalue weighted by molar-refractivity contribution is 0.542. The summed E-state index contributed by atoms with van der Waals surface area (Å²) in [6.07, 6.45) is 0. The van der Waals surface area contributed by atoms with Gasteiger partial charge in [-0.1, -0.05) is 31.2 Å². The highest BCUT2D eigenvalue weighted by Crippen LogP contribution is 2.33. The van der Waals surface area contributed by atoms with E-state index in [1.807, 2.05) is 36.6 Å². The van der Waals surface area contributed by atoms with Crippen LogP contribution in [0.15, 0.2) is 47.8 Å². The number of hydrogen-bond donors (Lipinski definition) is 1. The maximum atomic E-state index is 14.2. The van der Waals surface area contributed by atoms with Crippen molar-refractivity contribution < 1.29 is 8.78 Å². The quantitative estimate of drug-likeness (QED) is 0.724. The average Bonchev–Trinajstić information content (AvgIpc) is 2.94. The molecule has 1 atom stereocenters. The van der Waals surface area contributed by atoms with Crippen LogP contribution < -0.4 is 5.32 Å². The molecule has 0 aliphatic rings. The molecule has 0 radical (unpaired) electrons. The Labute approximate surface area is 126 Å². The first-order valence-corrected chi connectivity index (χ1v) is 7.73. The summed E-state index contributed by atoms with van der Waals surface area (Å²) in [6, 6.07) is 11.5. The third-order valence-electron chi connectivity index (χ3n) is 3.50. The molecule has 1 unspecified atom stereocenters. The van der Waals surface area contributed by atoms with Crippen molar-refractivity contribution in [1.29, 1.82) is 0 Å². The van der Waals surface area contributed by atoms with Crippen molar-refractivity contribution in [2.75, 3.05) is 6.54 Å². The summed E-state index contributed by atoms with van der Waals surface area (Å²) in [5, 5.41) is 6.47. The van der Waals surface area contributed by atoms with Gasteiger partial charge in [0, 0.05) is 16.3 Å². The van der Waals surface area contributed by atoms with Crippen LogP contribution >= 0.6 is 11.3 Å². The van der Waals surface area contributed by atoms with E-state index in [-0.39, 0.29) is 6.04 Å². The van der Waals surface area contributed by atoms with Crippen molar-refractivity contribution in [1.82, 2.24) is 5.32 Å². The zero-order valence-electron chi connectivity index (χ0n) is 11.6. The topological polar surface area (TPSA) is 12.0 Å². The second-order valence-corrected chi connectivity index (χ2v) is 5.76. The number of fused-ring (bicyclic) bond motifs is 1. The van der Waals surface area contributed by atoms with E-state index >= 15 is 0 Å². The van der Waals surface area contributed by atoms with Gasteiger partial charge in [0.2, 0.25) is 0 Å². The van der Waals surface area contributed by atoms with E-state index in [2.05, 4.69) is 5.32 Å². The minimum atomic E-state index is -0.555. The van der Waals surface area contributed by atoms with Gasteiger partial charge in [0.15, 0.2) is 0 Å². The smallest absolute Gasteiger partial charge is 0.131 e. The Balaban J connectivity index is 2.15. The molecule has 0 amide bonds.